The number of fused-ring (bicyclic) bond motifs is 2. The Bertz CT molecular complexity index is 1060. The fourth-order valence-corrected chi connectivity index (χ4v) is 4.15. The minimum atomic E-state index is 0.445. The number of imidazole rings is 1. The molecule has 0 amide bonds. The monoisotopic (exact) mass is 327 g/mol. The number of hydrogen-bond acceptors (Lipinski definition) is 2. The van der Waals surface area contributed by atoms with Gasteiger partial charge in [0.05, 0.1) is 11.7 Å². The zero-order valence-corrected chi connectivity index (χ0v) is 14.4. The van der Waals surface area contributed by atoms with Gasteiger partial charge in [0, 0.05) is 18.0 Å². The summed E-state index contributed by atoms with van der Waals surface area (Å²) in [7, 11) is 2.20. The molecule has 25 heavy (non-hydrogen) atoms. The Balaban J connectivity index is 1.72. The van der Waals surface area contributed by atoms with E-state index in [4.69, 9.17) is 4.98 Å². The van der Waals surface area contributed by atoms with Crippen molar-refractivity contribution in [1.82, 2.24) is 14.3 Å². The predicted octanol–water partition coefficient (Wildman–Crippen LogP) is 4.92. The van der Waals surface area contributed by atoms with Crippen molar-refractivity contribution in [3.8, 4) is 11.1 Å². The molecule has 0 saturated carbocycles. The van der Waals surface area contributed by atoms with Crippen LogP contribution in [0.3, 0.4) is 0 Å². The van der Waals surface area contributed by atoms with Crippen LogP contribution in [0, 0.1) is 0 Å². The van der Waals surface area contributed by atoms with Crippen LogP contribution in [0.1, 0.15) is 24.6 Å². The average Bonchev–Trinajstić information content (AvgIpc) is 3.26. The van der Waals surface area contributed by atoms with Gasteiger partial charge in [-0.25, -0.2) is 4.98 Å². The normalized spacial score (nSPS) is 18.4. The summed E-state index contributed by atoms with van der Waals surface area (Å²) in [6.07, 6.45) is 6.76. The highest BCUT2D eigenvalue weighted by molar-refractivity contribution is 5.99. The minimum Gasteiger partial charge on any atom is -0.306 e. The molecule has 0 spiro atoms. The number of likely N-dealkylation sites (tertiary alicyclic amines) is 1. The Kier molecular flexibility index (Phi) is 3.35. The lowest BCUT2D eigenvalue weighted by molar-refractivity contribution is 0.313. The second-order valence-corrected chi connectivity index (χ2v) is 6.98. The summed E-state index contributed by atoms with van der Waals surface area (Å²) in [5.74, 6) is 0. The smallest absolute Gasteiger partial charge is 0.145 e. The van der Waals surface area contributed by atoms with E-state index in [2.05, 4.69) is 83.3 Å². The highest BCUT2D eigenvalue weighted by atomic mass is 15.2. The van der Waals surface area contributed by atoms with E-state index in [0.29, 0.717) is 6.04 Å². The first-order valence-electron chi connectivity index (χ1n) is 8.97. The van der Waals surface area contributed by atoms with Crippen LogP contribution in [0.25, 0.3) is 27.5 Å². The van der Waals surface area contributed by atoms with Crippen LogP contribution < -0.4 is 0 Å². The number of nitrogens with zero attached hydrogens (tertiary/aromatic N) is 3. The van der Waals surface area contributed by atoms with E-state index in [1.165, 1.54) is 40.4 Å². The van der Waals surface area contributed by atoms with E-state index < -0.39 is 0 Å². The van der Waals surface area contributed by atoms with Crippen LogP contribution in [0.5, 0.6) is 0 Å². The summed E-state index contributed by atoms with van der Waals surface area (Å²) in [6.45, 7) is 1.16. The van der Waals surface area contributed by atoms with Gasteiger partial charge in [-0.15, -0.1) is 0 Å². The third-order valence-electron chi connectivity index (χ3n) is 5.44. The van der Waals surface area contributed by atoms with E-state index >= 15 is 0 Å². The Morgan fingerprint density at radius 3 is 2.68 bits per heavy atom. The molecule has 3 nitrogen and oxygen atoms in total. The number of hydrogen-bond donors (Lipinski definition) is 0. The lowest BCUT2D eigenvalue weighted by atomic mass is 9.99. The highest BCUT2D eigenvalue weighted by Crippen LogP contribution is 2.34. The molecule has 1 aliphatic rings. The van der Waals surface area contributed by atoms with Gasteiger partial charge in [-0.1, -0.05) is 42.5 Å². The van der Waals surface area contributed by atoms with E-state index in [1.807, 2.05) is 0 Å². The number of pyridine rings is 1. The molecule has 0 aliphatic carbocycles. The first-order chi connectivity index (χ1) is 12.3. The number of rotatable bonds is 2. The highest BCUT2D eigenvalue weighted by Gasteiger charge is 2.25. The molecule has 0 radical (unpaired) electrons. The van der Waals surface area contributed by atoms with Gasteiger partial charge in [-0.2, -0.15) is 0 Å². The van der Waals surface area contributed by atoms with Crippen molar-refractivity contribution in [3.05, 3.63) is 72.7 Å². The third kappa shape index (κ3) is 2.35. The molecule has 0 bridgehead atoms. The molecule has 1 atom stereocenters. The van der Waals surface area contributed by atoms with Crippen molar-refractivity contribution in [1.29, 1.82) is 0 Å². The molecular formula is C22H21N3. The molecule has 3 heteroatoms. The summed E-state index contributed by atoms with van der Waals surface area (Å²) >= 11 is 0. The summed E-state index contributed by atoms with van der Waals surface area (Å²) < 4.78 is 2.18. The van der Waals surface area contributed by atoms with Gasteiger partial charge in [0.25, 0.3) is 0 Å². The topological polar surface area (TPSA) is 20.5 Å². The summed E-state index contributed by atoms with van der Waals surface area (Å²) in [4.78, 5) is 7.47. The van der Waals surface area contributed by atoms with Gasteiger partial charge in [-0.3, -0.25) is 4.90 Å². The quantitative estimate of drug-likeness (QED) is 0.521. The lowest BCUT2D eigenvalue weighted by Crippen LogP contribution is -2.17. The second-order valence-electron chi connectivity index (χ2n) is 6.98. The standard InChI is InChI=1S/C22H21N3/c1-24-13-6-12-21(24)20-15-25-14-5-11-19(22(25)23-20)18-10-4-8-16-7-2-3-9-17(16)18/h2-5,7-11,14-15,21H,6,12-13H2,1H3/t21-/m0/s1. The molecular weight excluding hydrogens is 306 g/mol. The molecule has 124 valence electrons. The van der Waals surface area contributed by atoms with Gasteiger partial charge in [0.2, 0.25) is 0 Å². The molecule has 2 aromatic carbocycles. The number of benzene rings is 2. The van der Waals surface area contributed by atoms with Gasteiger partial charge in [0.15, 0.2) is 0 Å². The molecule has 1 saturated heterocycles. The van der Waals surface area contributed by atoms with E-state index in [1.54, 1.807) is 0 Å². The maximum absolute atomic E-state index is 5.05. The Morgan fingerprint density at radius 1 is 0.960 bits per heavy atom. The second kappa shape index (κ2) is 5.71. The summed E-state index contributed by atoms with van der Waals surface area (Å²) in [5, 5.41) is 2.55. The van der Waals surface area contributed by atoms with E-state index in [9.17, 15) is 0 Å². The fraction of sp³-hybridized carbons (Fsp3) is 0.227. The Hall–Kier alpha value is -2.65. The van der Waals surface area contributed by atoms with Crippen molar-refractivity contribution in [2.45, 2.75) is 18.9 Å². The zero-order valence-electron chi connectivity index (χ0n) is 14.4. The first-order valence-corrected chi connectivity index (χ1v) is 8.97. The van der Waals surface area contributed by atoms with Crippen molar-refractivity contribution in [2.24, 2.45) is 0 Å². The van der Waals surface area contributed by atoms with Crippen LogP contribution in [0.4, 0.5) is 0 Å². The molecule has 0 unspecified atom stereocenters. The van der Waals surface area contributed by atoms with Crippen molar-refractivity contribution in [3.63, 3.8) is 0 Å². The summed E-state index contributed by atoms with van der Waals surface area (Å²) in [6, 6.07) is 19.8. The molecule has 5 rings (SSSR count). The molecule has 3 heterocycles. The van der Waals surface area contributed by atoms with Crippen molar-refractivity contribution in [2.75, 3.05) is 13.6 Å². The maximum Gasteiger partial charge on any atom is 0.145 e. The SMILES string of the molecule is CN1CCC[C@H]1c1cn2cccc(-c3cccc4ccccc34)c2n1. The van der Waals surface area contributed by atoms with Crippen LogP contribution >= 0.6 is 0 Å². The van der Waals surface area contributed by atoms with Gasteiger partial charge in [-0.05, 0) is 54.9 Å². The van der Waals surface area contributed by atoms with Crippen LogP contribution in [0.2, 0.25) is 0 Å². The number of aromatic nitrogens is 2. The van der Waals surface area contributed by atoms with Crippen LogP contribution in [-0.4, -0.2) is 27.9 Å². The Labute approximate surface area is 147 Å². The van der Waals surface area contributed by atoms with E-state index in [0.717, 1.165) is 12.2 Å². The molecule has 1 fully saturated rings. The van der Waals surface area contributed by atoms with Gasteiger partial charge in [0.1, 0.15) is 5.65 Å². The largest absolute Gasteiger partial charge is 0.306 e. The zero-order chi connectivity index (χ0) is 16.8. The maximum atomic E-state index is 5.05. The fourth-order valence-electron chi connectivity index (χ4n) is 4.15. The van der Waals surface area contributed by atoms with Gasteiger partial charge >= 0.3 is 0 Å². The third-order valence-corrected chi connectivity index (χ3v) is 5.44. The van der Waals surface area contributed by atoms with Crippen molar-refractivity contribution < 1.29 is 0 Å². The molecule has 4 aromatic rings. The van der Waals surface area contributed by atoms with E-state index in [-0.39, 0.29) is 0 Å². The van der Waals surface area contributed by atoms with Crippen LogP contribution in [-0.2, 0) is 0 Å². The van der Waals surface area contributed by atoms with Crippen molar-refractivity contribution >= 4 is 16.4 Å². The van der Waals surface area contributed by atoms with Crippen LogP contribution in [0.15, 0.2) is 67.0 Å². The lowest BCUT2D eigenvalue weighted by Gasteiger charge is -2.16. The minimum absolute atomic E-state index is 0.445. The molecule has 2 aromatic heterocycles. The average molecular weight is 327 g/mol. The molecule has 0 N–H and O–H groups in total. The summed E-state index contributed by atoms with van der Waals surface area (Å²) in [5.41, 5.74) is 4.69. The van der Waals surface area contributed by atoms with Gasteiger partial charge < -0.3 is 4.40 Å². The molecule has 1 aliphatic heterocycles. The predicted molar refractivity (Wildman–Crippen MR) is 103 cm³/mol. The Morgan fingerprint density at radius 2 is 1.80 bits per heavy atom. The first kappa shape index (κ1) is 14.7.